The van der Waals surface area contributed by atoms with Gasteiger partial charge >= 0.3 is 10.2 Å². The summed E-state index contributed by atoms with van der Waals surface area (Å²) in [5.41, 5.74) is 1.29. The SMILES string of the molecule is CC(C)CCCc1ccc2cc(O)c(N3CC(=O)NS3(=O)=O)cc2c1. The molecule has 1 saturated heterocycles. The number of aryl methyl sites for hydroxylation is 1. The van der Waals surface area contributed by atoms with Crippen molar-refractivity contribution in [1.82, 2.24) is 4.72 Å². The van der Waals surface area contributed by atoms with E-state index < -0.39 is 16.1 Å². The number of fused-ring (bicyclic) bond motifs is 1. The molecule has 134 valence electrons. The van der Waals surface area contributed by atoms with Crippen molar-refractivity contribution in [3.05, 3.63) is 35.9 Å². The van der Waals surface area contributed by atoms with Crippen LogP contribution >= 0.6 is 0 Å². The Kier molecular flexibility index (Phi) is 4.60. The summed E-state index contributed by atoms with van der Waals surface area (Å²) in [4.78, 5) is 11.4. The Labute approximate surface area is 147 Å². The summed E-state index contributed by atoms with van der Waals surface area (Å²) in [5.74, 6) is -0.114. The molecule has 6 nitrogen and oxygen atoms in total. The predicted octanol–water partition coefficient (Wildman–Crippen LogP) is 2.71. The Morgan fingerprint density at radius 2 is 1.96 bits per heavy atom. The average Bonchev–Trinajstić information content (AvgIpc) is 2.79. The smallest absolute Gasteiger partial charge is 0.326 e. The van der Waals surface area contributed by atoms with Gasteiger partial charge in [-0.2, -0.15) is 8.42 Å². The first-order chi connectivity index (χ1) is 11.8. The standard InChI is InChI=1S/C18H22N2O4S/c1-12(2)4-3-5-13-6-7-14-10-17(21)16(9-15(14)8-13)20-11-18(22)19-25(20,23)24/h6-10,12,21H,3-5,11H2,1-2H3,(H,19,22). The molecule has 1 aliphatic heterocycles. The monoisotopic (exact) mass is 362 g/mol. The molecule has 2 aromatic carbocycles. The van der Waals surface area contributed by atoms with Gasteiger partial charge in [0.1, 0.15) is 12.3 Å². The Morgan fingerprint density at radius 3 is 2.60 bits per heavy atom. The van der Waals surface area contributed by atoms with Gasteiger partial charge in [-0.3, -0.25) is 4.79 Å². The van der Waals surface area contributed by atoms with Gasteiger partial charge in [0.2, 0.25) is 0 Å². The minimum atomic E-state index is -3.94. The van der Waals surface area contributed by atoms with Crippen LogP contribution in [-0.2, 0) is 21.4 Å². The van der Waals surface area contributed by atoms with E-state index in [1.807, 2.05) is 22.9 Å². The van der Waals surface area contributed by atoms with Crippen LogP contribution in [0.5, 0.6) is 5.75 Å². The molecular weight excluding hydrogens is 340 g/mol. The number of aromatic hydroxyl groups is 1. The van der Waals surface area contributed by atoms with E-state index >= 15 is 0 Å². The molecule has 0 atom stereocenters. The zero-order valence-corrected chi connectivity index (χ0v) is 15.1. The molecule has 1 aliphatic rings. The van der Waals surface area contributed by atoms with Gasteiger partial charge in [-0.05, 0) is 47.2 Å². The summed E-state index contributed by atoms with van der Waals surface area (Å²) in [6.07, 6.45) is 3.19. The fourth-order valence-electron chi connectivity index (χ4n) is 3.05. The van der Waals surface area contributed by atoms with Crippen molar-refractivity contribution < 1.29 is 18.3 Å². The van der Waals surface area contributed by atoms with Gasteiger partial charge in [-0.25, -0.2) is 9.03 Å². The minimum Gasteiger partial charge on any atom is -0.506 e. The number of nitrogens with one attached hydrogen (secondary N) is 1. The van der Waals surface area contributed by atoms with E-state index in [-0.39, 0.29) is 18.0 Å². The van der Waals surface area contributed by atoms with Gasteiger partial charge in [-0.15, -0.1) is 0 Å². The molecule has 25 heavy (non-hydrogen) atoms. The van der Waals surface area contributed by atoms with Gasteiger partial charge < -0.3 is 5.11 Å². The number of phenols is 1. The molecule has 3 rings (SSSR count). The Morgan fingerprint density at radius 1 is 1.20 bits per heavy atom. The maximum atomic E-state index is 12.0. The molecule has 0 bridgehead atoms. The molecule has 0 aliphatic carbocycles. The third-order valence-corrected chi connectivity index (χ3v) is 5.73. The van der Waals surface area contributed by atoms with Crippen molar-refractivity contribution >= 4 is 32.6 Å². The van der Waals surface area contributed by atoms with Crippen LogP contribution < -0.4 is 9.03 Å². The molecule has 7 heteroatoms. The number of carbonyl (C=O) groups is 1. The minimum absolute atomic E-state index is 0.116. The molecule has 0 aromatic heterocycles. The Hall–Kier alpha value is -2.28. The van der Waals surface area contributed by atoms with E-state index in [1.165, 1.54) is 11.6 Å². The number of hydrogen-bond donors (Lipinski definition) is 2. The summed E-state index contributed by atoms with van der Waals surface area (Å²) in [7, 11) is -3.94. The van der Waals surface area contributed by atoms with Crippen LogP contribution in [0.1, 0.15) is 32.3 Å². The number of nitrogens with zero attached hydrogens (tertiary/aromatic N) is 1. The lowest BCUT2D eigenvalue weighted by Crippen LogP contribution is -2.29. The van der Waals surface area contributed by atoms with Crippen LogP contribution in [0.4, 0.5) is 5.69 Å². The maximum absolute atomic E-state index is 12.0. The summed E-state index contributed by atoms with van der Waals surface area (Å²) >= 11 is 0. The van der Waals surface area contributed by atoms with E-state index in [9.17, 15) is 18.3 Å². The second-order valence-electron chi connectivity index (χ2n) is 6.85. The normalized spacial score (nSPS) is 16.6. The van der Waals surface area contributed by atoms with Crippen molar-refractivity contribution in [3.63, 3.8) is 0 Å². The largest absolute Gasteiger partial charge is 0.506 e. The number of amides is 1. The lowest BCUT2D eigenvalue weighted by Gasteiger charge is -2.17. The number of hydrogen-bond acceptors (Lipinski definition) is 4. The number of anilines is 1. The Balaban J connectivity index is 1.95. The molecule has 2 aromatic rings. The highest BCUT2D eigenvalue weighted by atomic mass is 32.2. The van der Waals surface area contributed by atoms with E-state index in [1.54, 1.807) is 6.07 Å². The van der Waals surface area contributed by atoms with Crippen LogP contribution in [-0.4, -0.2) is 26.0 Å². The second kappa shape index (κ2) is 6.55. The number of rotatable bonds is 5. The van der Waals surface area contributed by atoms with Crippen molar-refractivity contribution in [2.75, 3.05) is 10.8 Å². The van der Waals surface area contributed by atoms with Crippen LogP contribution in [0.25, 0.3) is 10.8 Å². The predicted molar refractivity (Wildman–Crippen MR) is 97.8 cm³/mol. The van der Waals surface area contributed by atoms with Crippen molar-refractivity contribution in [3.8, 4) is 5.75 Å². The fourth-order valence-corrected chi connectivity index (χ4v) is 4.21. The number of phenolic OH excluding ortho intramolecular Hbond substituents is 1. The molecule has 0 radical (unpaired) electrons. The fraction of sp³-hybridized carbons (Fsp3) is 0.389. The topological polar surface area (TPSA) is 86.7 Å². The first kappa shape index (κ1) is 17.5. The maximum Gasteiger partial charge on any atom is 0.326 e. The van der Waals surface area contributed by atoms with Gasteiger partial charge in [-0.1, -0.05) is 38.5 Å². The highest BCUT2D eigenvalue weighted by molar-refractivity contribution is 7.92. The zero-order chi connectivity index (χ0) is 18.2. The van der Waals surface area contributed by atoms with Gasteiger partial charge in [0.25, 0.3) is 5.91 Å². The van der Waals surface area contributed by atoms with Crippen LogP contribution in [0.3, 0.4) is 0 Å². The molecule has 1 fully saturated rings. The molecule has 1 heterocycles. The lowest BCUT2D eigenvalue weighted by molar-refractivity contribution is -0.117. The van der Waals surface area contributed by atoms with E-state index in [2.05, 4.69) is 13.8 Å². The molecule has 0 unspecified atom stereocenters. The molecular formula is C18H22N2O4S. The third kappa shape index (κ3) is 3.71. The van der Waals surface area contributed by atoms with Crippen LogP contribution in [0.2, 0.25) is 0 Å². The van der Waals surface area contributed by atoms with E-state index in [0.29, 0.717) is 5.92 Å². The molecule has 0 saturated carbocycles. The van der Waals surface area contributed by atoms with Crippen molar-refractivity contribution in [2.45, 2.75) is 33.1 Å². The van der Waals surface area contributed by atoms with E-state index in [0.717, 1.165) is 34.3 Å². The number of carbonyl (C=O) groups excluding carboxylic acids is 1. The molecule has 1 amide bonds. The summed E-state index contributed by atoms with van der Waals surface area (Å²) < 4.78 is 26.8. The van der Waals surface area contributed by atoms with Gasteiger partial charge in [0, 0.05) is 0 Å². The zero-order valence-electron chi connectivity index (χ0n) is 14.3. The Bertz CT molecular complexity index is 922. The average molecular weight is 362 g/mol. The van der Waals surface area contributed by atoms with Gasteiger partial charge in [0.15, 0.2) is 0 Å². The molecule has 0 spiro atoms. The van der Waals surface area contributed by atoms with Crippen LogP contribution in [0, 0.1) is 5.92 Å². The quantitative estimate of drug-likeness (QED) is 0.856. The summed E-state index contributed by atoms with van der Waals surface area (Å²) in [5, 5.41) is 11.9. The highest BCUT2D eigenvalue weighted by Gasteiger charge is 2.35. The first-order valence-corrected chi connectivity index (χ1v) is 9.79. The molecule has 2 N–H and O–H groups in total. The van der Waals surface area contributed by atoms with Crippen molar-refractivity contribution in [2.24, 2.45) is 5.92 Å². The first-order valence-electron chi connectivity index (χ1n) is 8.35. The number of benzene rings is 2. The summed E-state index contributed by atoms with van der Waals surface area (Å²) in [6.45, 7) is 4.07. The van der Waals surface area contributed by atoms with Crippen LogP contribution in [0.15, 0.2) is 30.3 Å². The van der Waals surface area contributed by atoms with Crippen molar-refractivity contribution in [1.29, 1.82) is 0 Å². The lowest BCUT2D eigenvalue weighted by atomic mass is 9.99. The third-order valence-electron chi connectivity index (χ3n) is 4.33. The van der Waals surface area contributed by atoms with Gasteiger partial charge in [0.05, 0.1) is 5.69 Å². The second-order valence-corrected chi connectivity index (χ2v) is 8.44. The summed E-state index contributed by atoms with van der Waals surface area (Å²) in [6, 6.07) is 9.11. The van der Waals surface area contributed by atoms with E-state index in [4.69, 9.17) is 0 Å². The highest BCUT2D eigenvalue weighted by Crippen LogP contribution is 2.35.